The van der Waals surface area contributed by atoms with Crippen LogP contribution in [0.15, 0.2) is 73.1 Å². The Morgan fingerprint density at radius 1 is 0.561 bits per heavy atom. The predicted molar refractivity (Wildman–Crippen MR) is 242 cm³/mol. The number of phosphoric ester groups is 1. The van der Waals surface area contributed by atoms with E-state index >= 15 is 0 Å². The average molecular weight is 821 g/mol. The van der Waals surface area contributed by atoms with Gasteiger partial charge in [-0.2, -0.15) is 0 Å². The summed E-state index contributed by atoms with van der Waals surface area (Å²) in [6.07, 6.45) is 53.4. The van der Waals surface area contributed by atoms with E-state index in [0.717, 1.165) is 38.5 Å². The van der Waals surface area contributed by atoms with Crippen molar-refractivity contribution in [2.24, 2.45) is 0 Å². The quantitative estimate of drug-likeness (QED) is 0.0164. The summed E-state index contributed by atoms with van der Waals surface area (Å²) in [5.41, 5.74) is 0. The molecule has 0 radical (unpaired) electrons. The van der Waals surface area contributed by atoms with Crippen molar-refractivity contribution in [1.29, 1.82) is 0 Å². The van der Waals surface area contributed by atoms with Crippen molar-refractivity contribution >= 4 is 13.8 Å². The van der Waals surface area contributed by atoms with Gasteiger partial charge in [-0.1, -0.05) is 171 Å². The van der Waals surface area contributed by atoms with Crippen LogP contribution in [0.3, 0.4) is 0 Å². The lowest BCUT2D eigenvalue weighted by Gasteiger charge is -2.24. The summed E-state index contributed by atoms with van der Waals surface area (Å²) in [7, 11) is 1.63. The maximum Gasteiger partial charge on any atom is 0.472 e. The van der Waals surface area contributed by atoms with Crippen LogP contribution in [-0.2, 0) is 27.9 Å². The third-order valence-electron chi connectivity index (χ3n) is 9.37. The SMILES string of the molecule is CCCCC/C=C\C/C=C\C/C=C\C/C=C\C/C=C\CCC(=O)OCC(COP(=O)(O)OCC[N+](C)(C)C)O/C=C\CCCCCCCCCCCCCCCC. The molecule has 0 aliphatic heterocycles. The molecule has 9 heteroatoms. The fourth-order valence-corrected chi connectivity index (χ4v) is 6.50. The lowest BCUT2D eigenvalue weighted by atomic mass is 10.0. The zero-order valence-corrected chi connectivity index (χ0v) is 38.2. The number of carbonyl (C=O) groups excluding carboxylic acids is 1. The molecule has 0 fully saturated rings. The summed E-state index contributed by atoms with van der Waals surface area (Å²) in [4.78, 5) is 22.7. The third kappa shape index (κ3) is 44.7. The van der Waals surface area contributed by atoms with Gasteiger partial charge in [0.1, 0.15) is 19.8 Å². The molecule has 8 nitrogen and oxygen atoms in total. The molecule has 57 heavy (non-hydrogen) atoms. The van der Waals surface area contributed by atoms with E-state index in [9.17, 15) is 14.3 Å². The predicted octanol–water partition coefficient (Wildman–Crippen LogP) is 13.8. The van der Waals surface area contributed by atoms with Crippen LogP contribution in [-0.4, -0.2) is 69.0 Å². The number of esters is 1. The minimum atomic E-state index is -4.28. The first kappa shape index (κ1) is 54.8. The molecule has 2 unspecified atom stereocenters. The van der Waals surface area contributed by atoms with Gasteiger partial charge >= 0.3 is 13.8 Å². The van der Waals surface area contributed by atoms with Crippen LogP contribution in [0.2, 0.25) is 0 Å². The van der Waals surface area contributed by atoms with Gasteiger partial charge in [-0.25, -0.2) is 4.57 Å². The largest absolute Gasteiger partial charge is 0.492 e. The highest BCUT2D eigenvalue weighted by Gasteiger charge is 2.25. The van der Waals surface area contributed by atoms with Crippen molar-refractivity contribution in [1.82, 2.24) is 0 Å². The fourth-order valence-electron chi connectivity index (χ4n) is 5.75. The monoisotopic (exact) mass is 821 g/mol. The van der Waals surface area contributed by atoms with Crippen LogP contribution in [0.4, 0.5) is 0 Å². The first-order valence-corrected chi connectivity index (χ1v) is 24.2. The molecule has 0 aliphatic carbocycles. The van der Waals surface area contributed by atoms with Crippen LogP contribution in [0.5, 0.6) is 0 Å². The highest BCUT2D eigenvalue weighted by Crippen LogP contribution is 2.43. The van der Waals surface area contributed by atoms with Crippen LogP contribution in [0.25, 0.3) is 0 Å². The van der Waals surface area contributed by atoms with Gasteiger partial charge < -0.3 is 18.9 Å². The molecular weight excluding hydrogens is 734 g/mol. The lowest BCUT2D eigenvalue weighted by Crippen LogP contribution is -2.37. The van der Waals surface area contributed by atoms with Crippen LogP contribution in [0.1, 0.15) is 174 Å². The molecule has 2 atom stereocenters. The topological polar surface area (TPSA) is 91.3 Å². The zero-order valence-electron chi connectivity index (χ0n) is 37.3. The minimum absolute atomic E-state index is 0.0762. The van der Waals surface area contributed by atoms with Crippen molar-refractivity contribution in [2.45, 2.75) is 180 Å². The minimum Gasteiger partial charge on any atom is -0.492 e. The number of phosphoric acid groups is 1. The third-order valence-corrected chi connectivity index (χ3v) is 10.4. The van der Waals surface area contributed by atoms with Crippen molar-refractivity contribution in [3.8, 4) is 0 Å². The number of hydrogen-bond donors (Lipinski definition) is 1. The molecule has 0 amide bonds. The molecule has 330 valence electrons. The number of rotatable bonds is 41. The molecule has 0 aromatic heterocycles. The lowest BCUT2D eigenvalue weighted by molar-refractivity contribution is -0.870. The Kier molecular flexibility index (Phi) is 39.0. The smallest absolute Gasteiger partial charge is 0.472 e. The van der Waals surface area contributed by atoms with Gasteiger partial charge in [0.25, 0.3) is 0 Å². The van der Waals surface area contributed by atoms with Gasteiger partial charge in [0.15, 0.2) is 6.10 Å². The van der Waals surface area contributed by atoms with Gasteiger partial charge in [0.05, 0.1) is 34.0 Å². The summed E-state index contributed by atoms with van der Waals surface area (Å²) < 4.78 is 34.7. The average Bonchev–Trinajstić information content (AvgIpc) is 3.17. The summed E-state index contributed by atoms with van der Waals surface area (Å²) >= 11 is 0. The van der Waals surface area contributed by atoms with Gasteiger partial charge in [0, 0.05) is 6.42 Å². The molecule has 0 spiro atoms. The fraction of sp³-hybridized carbons (Fsp3) is 0.729. The second-order valence-electron chi connectivity index (χ2n) is 16.1. The molecule has 0 bridgehead atoms. The number of ether oxygens (including phenoxy) is 2. The molecule has 0 heterocycles. The Labute approximate surface area is 351 Å². The Morgan fingerprint density at radius 3 is 1.49 bits per heavy atom. The maximum absolute atomic E-state index is 12.5. The number of likely N-dealkylation sites (N-methyl/N-ethyl adjacent to an activating group) is 1. The molecular formula is C48H87NO7P+. The van der Waals surface area contributed by atoms with Gasteiger partial charge in [-0.05, 0) is 63.9 Å². The molecule has 0 aromatic rings. The van der Waals surface area contributed by atoms with E-state index in [2.05, 4.69) is 62.5 Å². The van der Waals surface area contributed by atoms with E-state index in [1.165, 1.54) is 109 Å². The highest BCUT2D eigenvalue weighted by molar-refractivity contribution is 7.47. The highest BCUT2D eigenvalue weighted by atomic mass is 31.2. The van der Waals surface area contributed by atoms with Crippen LogP contribution in [0, 0.1) is 0 Å². The molecule has 0 aromatic carbocycles. The van der Waals surface area contributed by atoms with E-state index in [1.54, 1.807) is 6.26 Å². The van der Waals surface area contributed by atoms with Gasteiger partial charge in [0.2, 0.25) is 0 Å². The number of nitrogens with zero attached hydrogens (tertiary/aromatic N) is 1. The Bertz CT molecular complexity index is 1140. The first-order chi connectivity index (χ1) is 27.6. The van der Waals surface area contributed by atoms with Gasteiger partial charge in [-0.15, -0.1) is 0 Å². The Balaban J connectivity index is 4.40. The maximum atomic E-state index is 12.5. The summed E-state index contributed by atoms with van der Waals surface area (Å²) in [5.74, 6) is -0.358. The first-order valence-electron chi connectivity index (χ1n) is 22.7. The summed E-state index contributed by atoms with van der Waals surface area (Å²) in [5, 5.41) is 0. The molecule has 0 saturated heterocycles. The summed E-state index contributed by atoms with van der Waals surface area (Å²) in [6.45, 7) is 4.79. The Morgan fingerprint density at radius 2 is 0.982 bits per heavy atom. The number of hydrogen-bond acceptors (Lipinski definition) is 6. The second kappa shape index (κ2) is 40.6. The van der Waals surface area contributed by atoms with E-state index in [-0.39, 0.29) is 32.2 Å². The van der Waals surface area contributed by atoms with E-state index in [1.807, 2.05) is 39.4 Å². The van der Waals surface area contributed by atoms with Crippen molar-refractivity contribution < 1.29 is 37.3 Å². The number of carbonyl (C=O) groups is 1. The van der Waals surface area contributed by atoms with Crippen molar-refractivity contribution in [3.63, 3.8) is 0 Å². The number of unbranched alkanes of at least 4 members (excludes halogenated alkanes) is 17. The Hall–Kier alpha value is -2.22. The molecule has 1 N–H and O–H groups in total. The van der Waals surface area contributed by atoms with Crippen LogP contribution >= 0.6 is 7.82 Å². The van der Waals surface area contributed by atoms with E-state index in [0.29, 0.717) is 17.4 Å². The molecule has 0 saturated carbocycles. The second-order valence-corrected chi connectivity index (χ2v) is 17.6. The number of quaternary nitrogens is 1. The van der Waals surface area contributed by atoms with Gasteiger partial charge in [-0.3, -0.25) is 13.8 Å². The molecule has 0 aliphatic rings. The van der Waals surface area contributed by atoms with Crippen molar-refractivity contribution in [3.05, 3.63) is 73.1 Å². The van der Waals surface area contributed by atoms with E-state index in [4.69, 9.17) is 18.5 Å². The zero-order chi connectivity index (χ0) is 42.0. The summed E-state index contributed by atoms with van der Waals surface area (Å²) in [6, 6.07) is 0. The number of allylic oxidation sites excluding steroid dienone is 11. The van der Waals surface area contributed by atoms with Crippen molar-refractivity contribution in [2.75, 3.05) is 47.5 Å². The van der Waals surface area contributed by atoms with E-state index < -0.39 is 13.9 Å². The van der Waals surface area contributed by atoms with Crippen LogP contribution < -0.4 is 0 Å². The molecule has 0 rings (SSSR count). The standard InChI is InChI=1S/C48H86NO7P/c1-6-8-10-12-14-16-18-20-22-24-25-26-27-29-31-33-35-37-39-41-48(50)54-45-47(46-56-57(51,52)55-44-42-49(3,4)5)53-43-40-38-36-34-32-30-28-23-21-19-17-15-13-11-9-7-2/h14,16,20,22,25-26,29,31,35,37,40,43,47H,6-13,15,17-19,21,23-24,27-28,30,32-34,36,38-39,41-42,44-46H2,1-5H3/p+1/b16-14-,22-20-,26-25-,31-29-,37-35-,43-40-. The normalized spacial score (nSPS) is 14.4.